The van der Waals surface area contributed by atoms with E-state index in [4.69, 9.17) is 9.84 Å². The lowest BCUT2D eigenvalue weighted by molar-refractivity contribution is -0.885. The van der Waals surface area contributed by atoms with Crippen LogP contribution in [0.25, 0.3) is 0 Å². The molecule has 0 aliphatic carbocycles. The lowest BCUT2D eigenvalue weighted by Gasteiger charge is -2.23. The molecule has 1 aromatic heterocycles. The van der Waals surface area contributed by atoms with Gasteiger partial charge in [-0.05, 0) is 34.7 Å². The summed E-state index contributed by atoms with van der Waals surface area (Å²) in [6.07, 6.45) is 0.700. The Kier molecular flexibility index (Phi) is 6.26. The minimum Gasteiger partial charge on any atom is -0.497 e. The molecule has 0 spiro atoms. The molecule has 0 saturated heterocycles. The predicted molar refractivity (Wildman–Crippen MR) is 120 cm³/mol. The molecule has 1 amide bonds. The van der Waals surface area contributed by atoms with Crippen molar-refractivity contribution >= 4 is 23.0 Å². The molecule has 5 nitrogen and oxygen atoms in total. The zero-order chi connectivity index (χ0) is 20.9. The predicted octanol–water partition coefficient (Wildman–Crippen LogP) is 3.15. The van der Waals surface area contributed by atoms with Gasteiger partial charge in [-0.1, -0.05) is 48.5 Å². The number of carbonyl (C=O) groups excluding carboxylic acids is 1. The number of nitrogens with one attached hydrogen (secondary N) is 1. The van der Waals surface area contributed by atoms with E-state index in [1.165, 1.54) is 4.88 Å². The average molecular weight is 421 g/mol. The van der Waals surface area contributed by atoms with E-state index in [9.17, 15) is 4.79 Å². The molecular weight excluding hydrogens is 394 g/mol. The topological polar surface area (TPSA) is 46.3 Å². The smallest absolute Gasteiger partial charge is 0.298 e. The molecule has 0 bridgehead atoms. The summed E-state index contributed by atoms with van der Waals surface area (Å²) in [6.45, 7) is 1.23. The zero-order valence-electron chi connectivity index (χ0n) is 17.2. The fourth-order valence-electron chi connectivity index (χ4n) is 3.74. The number of hydrogen-bond donors (Lipinski definition) is 1. The lowest BCUT2D eigenvalue weighted by Crippen LogP contribution is -3.08. The maximum atomic E-state index is 13.2. The van der Waals surface area contributed by atoms with Gasteiger partial charge in [0.05, 0.1) is 30.8 Å². The maximum absolute atomic E-state index is 13.2. The van der Waals surface area contributed by atoms with Crippen LogP contribution >= 0.6 is 11.3 Å². The number of ether oxygens (including phenoxy) is 1. The summed E-state index contributed by atoms with van der Waals surface area (Å²) in [4.78, 5) is 15.7. The summed E-state index contributed by atoms with van der Waals surface area (Å²) in [5.41, 5.74) is 3.07. The highest BCUT2D eigenvalue weighted by molar-refractivity contribution is 7.09. The van der Waals surface area contributed by atoms with Crippen molar-refractivity contribution in [3.63, 3.8) is 0 Å². The van der Waals surface area contributed by atoms with E-state index in [2.05, 4.69) is 18.5 Å². The number of thiophene rings is 1. The summed E-state index contributed by atoms with van der Waals surface area (Å²) < 4.78 is 5.29. The number of hydrogen-bond acceptors (Lipinski definition) is 4. The number of nitrogens with zero attached hydrogens (tertiary/aromatic N) is 2. The number of carbonyl (C=O) groups is 1. The van der Waals surface area contributed by atoms with Gasteiger partial charge in [0, 0.05) is 6.42 Å². The molecule has 2 heterocycles. The van der Waals surface area contributed by atoms with Gasteiger partial charge in [0.1, 0.15) is 12.3 Å². The Morgan fingerprint density at radius 3 is 2.57 bits per heavy atom. The molecule has 3 aromatic rings. The van der Waals surface area contributed by atoms with Crippen molar-refractivity contribution in [1.29, 1.82) is 0 Å². The van der Waals surface area contributed by atoms with Crippen molar-refractivity contribution in [3.8, 4) is 5.75 Å². The Labute approximate surface area is 181 Å². The fourth-order valence-corrected chi connectivity index (χ4v) is 4.56. The van der Waals surface area contributed by atoms with Crippen LogP contribution in [0, 0.1) is 0 Å². The molecular formula is C24H26N3O2S+. The van der Waals surface area contributed by atoms with E-state index in [1.807, 2.05) is 60.7 Å². The van der Waals surface area contributed by atoms with Gasteiger partial charge in [-0.2, -0.15) is 5.10 Å². The maximum Gasteiger partial charge on any atom is 0.298 e. The van der Waals surface area contributed by atoms with Crippen molar-refractivity contribution in [1.82, 2.24) is 5.01 Å². The van der Waals surface area contributed by atoms with Crippen molar-refractivity contribution in [2.75, 3.05) is 20.7 Å². The molecule has 154 valence electrons. The Hall–Kier alpha value is -2.96. The summed E-state index contributed by atoms with van der Waals surface area (Å²) in [5, 5.41) is 8.52. The van der Waals surface area contributed by atoms with Crippen LogP contribution in [0.1, 0.15) is 28.5 Å². The second-order valence-corrected chi connectivity index (χ2v) is 8.57. The molecule has 0 fully saturated rings. The second kappa shape index (κ2) is 9.24. The van der Waals surface area contributed by atoms with Gasteiger partial charge >= 0.3 is 0 Å². The van der Waals surface area contributed by atoms with Crippen LogP contribution in [0.2, 0.25) is 0 Å². The number of likely N-dealkylation sites (N-methyl/N-ethyl adjacent to an activating group) is 1. The van der Waals surface area contributed by atoms with Crippen LogP contribution in [0.3, 0.4) is 0 Å². The molecule has 1 aliphatic heterocycles. The van der Waals surface area contributed by atoms with E-state index in [-0.39, 0.29) is 11.9 Å². The normalized spacial score (nSPS) is 16.9. The minimum atomic E-state index is -0.104. The number of hydrazone groups is 1. The SMILES string of the molecule is COc1ccc([C@H]2CC(c3ccccc3)=NN2C(=O)C[NH+](C)Cc2cccs2)cc1. The van der Waals surface area contributed by atoms with Gasteiger partial charge in [0.2, 0.25) is 0 Å². The van der Waals surface area contributed by atoms with Gasteiger partial charge in [-0.25, -0.2) is 5.01 Å². The van der Waals surface area contributed by atoms with Gasteiger partial charge in [-0.15, -0.1) is 11.3 Å². The van der Waals surface area contributed by atoms with Gasteiger partial charge < -0.3 is 9.64 Å². The minimum absolute atomic E-state index is 0.0378. The Morgan fingerprint density at radius 1 is 1.13 bits per heavy atom. The Bertz CT molecular complexity index is 1000. The third-order valence-corrected chi connectivity index (χ3v) is 6.16. The number of rotatable bonds is 7. The zero-order valence-corrected chi connectivity index (χ0v) is 18.1. The van der Waals surface area contributed by atoms with E-state index >= 15 is 0 Å². The van der Waals surface area contributed by atoms with Crippen LogP contribution in [0.15, 0.2) is 77.2 Å². The summed E-state index contributed by atoms with van der Waals surface area (Å²) in [6, 6.07) is 22.1. The molecule has 1 aliphatic rings. The van der Waals surface area contributed by atoms with Crippen LogP contribution in [0.5, 0.6) is 5.75 Å². The van der Waals surface area contributed by atoms with Gasteiger partial charge in [0.25, 0.3) is 5.91 Å². The fraction of sp³-hybridized carbons (Fsp3) is 0.250. The van der Waals surface area contributed by atoms with Gasteiger partial charge in [-0.3, -0.25) is 4.79 Å². The van der Waals surface area contributed by atoms with Crippen molar-refractivity contribution in [3.05, 3.63) is 88.1 Å². The first-order valence-corrected chi connectivity index (χ1v) is 10.9. The van der Waals surface area contributed by atoms with Crippen LogP contribution < -0.4 is 9.64 Å². The highest BCUT2D eigenvalue weighted by atomic mass is 32.1. The molecule has 2 aromatic carbocycles. The summed E-state index contributed by atoms with van der Waals surface area (Å²) in [5.74, 6) is 0.842. The third kappa shape index (κ3) is 4.61. The van der Waals surface area contributed by atoms with E-state index in [0.29, 0.717) is 13.0 Å². The molecule has 0 saturated carbocycles. The van der Waals surface area contributed by atoms with Gasteiger partial charge in [0.15, 0.2) is 6.54 Å². The largest absolute Gasteiger partial charge is 0.497 e. The Balaban J connectivity index is 1.56. The van der Waals surface area contributed by atoms with Crippen LogP contribution in [-0.4, -0.2) is 37.3 Å². The van der Waals surface area contributed by atoms with Crippen molar-refractivity contribution in [2.45, 2.75) is 19.0 Å². The molecule has 30 heavy (non-hydrogen) atoms. The first-order chi connectivity index (χ1) is 14.6. The van der Waals surface area contributed by atoms with E-state index in [0.717, 1.165) is 34.0 Å². The summed E-state index contributed by atoms with van der Waals surface area (Å²) in [7, 11) is 3.71. The number of amides is 1. The van der Waals surface area contributed by atoms with Crippen LogP contribution in [0.4, 0.5) is 0 Å². The highest BCUT2D eigenvalue weighted by Gasteiger charge is 2.34. The van der Waals surface area contributed by atoms with Crippen LogP contribution in [-0.2, 0) is 11.3 Å². The third-order valence-electron chi connectivity index (χ3n) is 5.28. The average Bonchev–Trinajstić information content (AvgIpc) is 3.44. The second-order valence-electron chi connectivity index (χ2n) is 7.53. The molecule has 0 radical (unpaired) electrons. The molecule has 2 atom stereocenters. The number of quaternary nitrogens is 1. The lowest BCUT2D eigenvalue weighted by atomic mass is 9.98. The molecule has 1 unspecified atom stereocenters. The monoisotopic (exact) mass is 420 g/mol. The Morgan fingerprint density at radius 2 is 1.90 bits per heavy atom. The number of benzene rings is 2. The molecule has 6 heteroatoms. The van der Waals surface area contributed by atoms with E-state index in [1.54, 1.807) is 23.5 Å². The first-order valence-electron chi connectivity index (χ1n) is 10.1. The van der Waals surface area contributed by atoms with Crippen molar-refractivity contribution < 1.29 is 14.4 Å². The quantitative estimate of drug-likeness (QED) is 0.638. The standard InChI is InChI=1S/C24H25N3O2S/c1-26(16-21-9-6-14-30-21)17-24(28)27-23(19-10-12-20(29-2)13-11-19)15-22(25-27)18-7-4-3-5-8-18/h3-14,23H,15-17H2,1-2H3/p+1/t23-/m1/s1. The summed E-state index contributed by atoms with van der Waals surface area (Å²) >= 11 is 1.72. The number of methoxy groups -OCH3 is 1. The molecule has 4 rings (SSSR count). The molecule has 1 N–H and O–H groups in total. The van der Waals surface area contributed by atoms with Crippen molar-refractivity contribution in [2.24, 2.45) is 5.10 Å². The highest BCUT2D eigenvalue weighted by Crippen LogP contribution is 2.33. The van der Waals surface area contributed by atoms with E-state index < -0.39 is 0 Å². The first kappa shape index (κ1) is 20.3.